The lowest BCUT2D eigenvalue weighted by Crippen LogP contribution is -2.50. The van der Waals surface area contributed by atoms with Gasteiger partial charge in [-0.2, -0.15) is 0 Å². The van der Waals surface area contributed by atoms with Gasteiger partial charge in [-0.05, 0) is 6.92 Å². The molecule has 4 atom stereocenters. The second-order valence-electron chi connectivity index (χ2n) is 4.89. The number of rotatable bonds is 3. The van der Waals surface area contributed by atoms with Crippen LogP contribution in [0.5, 0.6) is 0 Å². The predicted molar refractivity (Wildman–Crippen MR) is 60.3 cm³/mol. The molecule has 98 valence electrons. The minimum Gasteiger partial charge on any atom is -0.385 e. The van der Waals surface area contributed by atoms with Crippen molar-refractivity contribution in [1.82, 2.24) is 5.32 Å². The molecule has 6 nitrogen and oxygen atoms in total. The second-order valence-corrected chi connectivity index (χ2v) is 4.89. The van der Waals surface area contributed by atoms with E-state index in [1.165, 1.54) is 0 Å². The minimum atomic E-state index is -0.959. The third-order valence-corrected chi connectivity index (χ3v) is 3.69. The van der Waals surface area contributed by atoms with E-state index in [-0.39, 0.29) is 30.5 Å². The van der Waals surface area contributed by atoms with Crippen LogP contribution in [0.25, 0.3) is 0 Å². The summed E-state index contributed by atoms with van der Waals surface area (Å²) >= 11 is 0. The monoisotopic (exact) mass is 244 g/mol. The van der Waals surface area contributed by atoms with Gasteiger partial charge in [0.2, 0.25) is 5.91 Å². The molecule has 2 saturated heterocycles. The lowest BCUT2D eigenvalue weighted by Gasteiger charge is -2.27. The first-order valence-corrected chi connectivity index (χ1v) is 5.98. The van der Waals surface area contributed by atoms with Gasteiger partial charge in [0.05, 0.1) is 25.2 Å². The standard InChI is InChI=1S/C11H20N2O4/c1-7-11(15,2-3-17-7)6-13-10(14)8-4-16-5-9(8)12/h7-9,15H,2-6,12H2,1H3,(H,13,14). The molecule has 2 fully saturated rings. The predicted octanol–water partition coefficient (Wildman–Crippen LogP) is -1.38. The molecule has 2 aliphatic rings. The number of hydrogen-bond acceptors (Lipinski definition) is 5. The van der Waals surface area contributed by atoms with Crippen LogP contribution in [0.4, 0.5) is 0 Å². The van der Waals surface area contributed by atoms with E-state index in [9.17, 15) is 9.90 Å². The number of aliphatic hydroxyl groups is 1. The number of amides is 1. The maximum absolute atomic E-state index is 11.8. The van der Waals surface area contributed by atoms with Crippen molar-refractivity contribution in [2.24, 2.45) is 11.7 Å². The molecule has 0 aromatic rings. The van der Waals surface area contributed by atoms with Crippen molar-refractivity contribution < 1.29 is 19.4 Å². The van der Waals surface area contributed by atoms with Crippen LogP contribution in [-0.4, -0.2) is 55.1 Å². The summed E-state index contributed by atoms with van der Waals surface area (Å²) in [5.41, 5.74) is 4.79. The number of ether oxygens (including phenoxy) is 2. The normalized spacial score (nSPS) is 41.7. The first-order valence-electron chi connectivity index (χ1n) is 5.98. The Morgan fingerprint density at radius 1 is 1.59 bits per heavy atom. The average molecular weight is 244 g/mol. The molecule has 17 heavy (non-hydrogen) atoms. The highest BCUT2D eigenvalue weighted by Gasteiger charge is 2.40. The number of carbonyl (C=O) groups excluding carboxylic acids is 1. The Hall–Kier alpha value is -0.690. The summed E-state index contributed by atoms with van der Waals surface area (Å²) in [7, 11) is 0. The van der Waals surface area contributed by atoms with Gasteiger partial charge in [-0.1, -0.05) is 0 Å². The van der Waals surface area contributed by atoms with E-state index in [1.807, 2.05) is 6.92 Å². The number of hydrogen-bond donors (Lipinski definition) is 3. The molecule has 4 N–H and O–H groups in total. The van der Waals surface area contributed by atoms with Gasteiger partial charge >= 0.3 is 0 Å². The van der Waals surface area contributed by atoms with Gasteiger partial charge in [0.25, 0.3) is 0 Å². The van der Waals surface area contributed by atoms with Crippen LogP contribution in [0.2, 0.25) is 0 Å². The maximum Gasteiger partial charge on any atom is 0.227 e. The minimum absolute atomic E-state index is 0.150. The lowest BCUT2D eigenvalue weighted by molar-refractivity contribution is -0.127. The molecular weight excluding hydrogens is 224 g/mol. The maximum atomic E-state index is 11.8. The zero-order chi connectivity index (χ0) is 12.5. The summed E-state index contributed by atoms with van der Waals surface area (Å²) in [6.07, 6.45) is 0.290. The molecule has 1 amide bonds. The van der Waals surface area contributed by atoms with Crippen molar-refractivity contribution in [3.8, 4) is 0 Å². The van der Waals surface area contributed by atoms with Gasteiger partial charge in [0, 0.05) is 25.6 Å². The third kappa shape index (κ3) is 2.60. The summed E-state index contributed by atoms with van der Waals surface area (Å²) in [6.45, 7) is 3.32. The first kappa shape index (κ1) is 12.8. The second kappa shape index (κ2) is 4.89. The molecule has 0 aromatic heterocycles. The van der Waals surface area contributed by atoms with E-state index in [0.29, 0.717) is 26.2 Å². The topological polar surface area (TPSA) is 93.8 Å². The van der Waals surface area contributed by atoms with E-state index in [0.717, 1.165) is 0 Å². The fourth-order valence-corrected chi connectivity index (χ4v) is 2.22. The molecule has 2 rings (SSSR count). The fraction of sp³-hybridized carbons (Fsp3) is 0.909. The van der Waals surface area contributed by atoms with Crippen LogP contribution in [-0.2, 0) is 14.3 Å². The molecule has 2 heterocycles. The van der Waals surface area contributed by atoms with E-state index in [2.05, 4.69) is 5.32 Å². The zero-order valence-corrected chi connectivity index (χ0v) is 10.0. The van der Waals surface area contributed by atoms with Crippen molar-refractivity contribution in [3.05, 3.63) is 0 Å². The molecule has 2 aliphatic heterocycles. The largest absolute Gasteiger partial charge is 0.385 e. The van der Waals surface area contributed by atoms with E-state index in [1.54, 1.807) is 0 Å². The summed E-state index contributed by atoms with van der Waals surface area (Å²) in [5, 5.41) is 13.0. The Labute approximate surface area is 100 Å². The van der Waals surface area contributed by atoms with Crippen LogP contribution >= 0.6 is 0 Å². The van der Waals surface area contributed by atoms with Gasteiger partial charge in [0.1, 0.15) is 5.60 Å². The SMILES string of the molecule is CC1OCCC1(O)CNC(=O)C1COCC1N. The number of carbonyl (C=O) groups is 1. The van der Waals surface area contributed by atoms with Crippen molar-refractivity contribution in [3.63, 3.8) is 0 Å². The summed E-state index contributed by atoms with van der Waals surface area (Å²) in [4.78, 5) is 11.8. The molecule has 0 radical (unpaired) electrons. The Bertz CT molecular complexity index is 299. The summed E-state index contributed by atoms with van der Waals surface area (Å²) in [5.74, 6) is -0.459. The highest BCUT2D eigenvalue weighted by molar-refractivity contribution is 5.79. The van der Waals surface area contributed by atoms with Crippen LogP contribution < -0.4 is 11.1 Å². The summed E-state index contributed by atoms with van der Waals surface area (Å²) in [6, 6.07) is -0.248. The Morgan fingerprint density at radius 2 is 2.35 bits per heavy atom. The van der Waals surface area contributed by atoms with Gasteiger partial charge in [0.15, 0.2) is 0 Å². The zero-order valence-electron chi connectivity index (χ0n) is 10.0. The van der Waals surface area contributed by atoms with Crippen molar-refractivity contribution in [1.29, 1.82) is 0 Å². The van der Waals surface area contributed by atoms with Crippen molar-refractivity contribution in [2.45, 2.75) is 31.1 Å². The van der Waals surface area contributed by atoms with Gasteiger partial charge in [-0.15, -0.1) is 0 Å². The highest BCUT2D eigenvalue weighted by atomic mass is 16.5. The van der Waals surface area contributed by atoms with Crippen LogP contribution in [0.15, 0.2) is 0 Å². The molecular formula is C11H20N2O4. The van der Waals surface area contributed by atoms with Gasteiger partial charge in [-0.3, -0.25) is 4.79 Å². The highest BCUT2D eigenvalue weighted by Crippen LogP contribution is 2.25. The lowest BCUT2D eigenvalue weighted by atomic mass is 9.96. The molecule has 0 bridgehead atoms. The molecule has 0 aromatic carbocycles. The van der Waals surface area contributed by atoms with Crippen LogP contribution in [0.1, 0.15) is 13.3 Å². The fourth-order valence-electron chi connectivity index (χ4n) is 2.22. The molecule has 0 spiro atoms. The van der Waals surface area contributed by atoms with E-state index >= 15 is 0 Å². The summed E-state index contributed by atoms with van der Waals surface area (Å²) < 4.78 is 10.4. The average Bonchev–Trinajstić information content (AvgIpc) is 2.84. The van der Waals surface area contributed by atoms with Gasteiger partial charge in [-0.25, -0.2) is 0 Å². The quantitative estimate of drug-likeness (QED) is 0.568. The molecule has 0 saturated carbocycles. The smallest absolute Gasteiger partial charge is 0.227 e. The Morgan fingerprint density at radius 3 is 2.88 bits per heavy atom. The van der Waals surface area contributed by atoms with Gasteiger partial charge < -0.3 is 25.6 Å². The number of nitrogens with one attached hydrogen (secondary N) is 1. The molecule has 4 unspecified atom stereocenters. The Balaban J connectivity index is 1.83. The van der Waals surface area contributed by atoms with Crippen LogP contribution in [0.3, 0.4) is 0 Å². The third-order valence-electron chi connectivity index (χ3n) is 3.69. The molecule has 6 heteroatoms. The van der Waals surface area contributed by atoms with Crippen molar-refractivity contribution in [2.75, 3.05) is 26.4 Å². The number of nitrogens with two attached hydrogens (primary N) is 1. The van der Waals surface area contributed by atoms with Crippen LogP contribution in [0, 0.1) is 5.92 Å². The van der Waals surface area contributed by atoms with Crippen molar-refractivity contribution >= 4 is 5.91 Å². The van der Waals surface area contributed by atoms with E-state index in [4.69, 9.17) is 15.2 Å². The molecule has 0 aliphatic carbocycles. The first-order chi connectivity index (χ1) is 8.03. The Kier molecular flexibility index (Phi) is 3.67. The van der Waals surface area contributed by atoms with E-state index < -0.39 is 5.60 Å².